The summed E-state index contributed by atoms with van der Waals surface area (Å²) in [5, 5.41) is 12.6. The Hall–Kier alpha value is -9.96. The number of anilines is 4. The van der Waals surface area contributed by atoms with Crippen LogP contribution in [-0.4, -0.2) is 66.7 Å². The Morgan fingerprint density at radius 2 is 0.520 bits per heavy atom. The number of benzene rings is 4. The number of H-pyrrole nitrogens is 2. The Kier molecular flexibility index (Phi) is 13.8. The Morgan fingerprint density at radius 3 is 0.690 bits per heavy atom. The lowest BCUT2D eigenvalue weighted by molar-refractivity contribution is -0.143. The van der Waals surface area contributed by atoms with E-state index in [0.29, 0.717) is 96.9 Å². The molecule has 8 atom stereocenters. The van der Waals surface area contributed by atoms with Crippen molar-refractivity contribution in [2.24, 2.45) is 67.0 Å². The van der Waals surface area contributed by atoms with Gasteiger partial charge in [0.05, 0.1) is 22.8 Å². The molecule has 17 rings (SSSR count). The molecular formula is C84H82N8O8. The van der Waals surface area contributed by atoms with E-state index in [1.807, 2.05) is 146 Å². The van der Waals surface area contributed by atoms with E-state index in [1.165, 1.54) is 0 Å². The number of carbonyl (C=O) groups excluding carboxylic acids is 8. The summed E-state index contributed by atoms with van der Waals surface area (Å²) < 4.78 is 0. The fourth-order valence-corrected chi connectivity index (χ4v) is 21.1. The van der Waals surface area contributed by atoms with Gasteiger partial charge in [-0.1, -0.05) is 104 Å². The van der Waals surface area contributed by atoms with Crippen LogP contribution in [0.1, 0.15) is 155 Å². The van der Waals surface area contributed by atoms with Crippen molar-refractivity contribution in [3.63, 3.8) is 0 Å². The second-order valence-corrected chi connectivity index (χ2v) is 32.6. The van der Waals surface area contributed by atoms with Crippen LogP contribution < -0.4 is 21.3 Å². The van der Waals surface area contributed by atoms with Gasteiger partial charge in [0.2, 0.25) is 23.6 Å². The highest BCUT2D eigenvalue weighted by Crippen LogP contribution is 2.68. The van der Waals surface area contributed by atoms with E-state index in [-0.39, 0.29) is 70.4 Å². The van der Waals surface area contributed by atoms with Crippen molar-refractivity contribution < 1.29 is 38.4 Å². The highest BCUT2D eigenvalue weighted by atomic mass is 16.2. The van der Waals surface area contributed by atoms with Crippen LogP contribution in [0, 0.1) is 67.0 Å². The minimum Gasteiger partial charge on any atom is -0.354 e. The third-order valence-corrected chi connectivity index (χ3v) is 27.6. The van der Waals surface area contributed by atoms with E-state index >= 15 is 0 Å². The summed E-state index contributed by atoms with van der Waals surface area (Å²) in [6.45, 7) is 16.4. The van der Waals surface area contributed by atoms with E-state index < -0.39 is 43.3 Å². The van der Waals surface area contributed by atoms with Gasteiger partial charge in [-0.05, 0) is 216 Å². The van der Waals surface area contributed by atoms with Crippen LogP contribution in [0.25, 0.3) is 90.9 Å². The van der Waals surface area contributed by atoms with Gasteiger partial charge in [-0.2, -0.15) is 0 Å². The first-order valence-corrected chi connectivity index (χ1v) is 35.7. The minimum atomic E-state index is -1.09. The minimum absolute atomic E-state index is 0.00800. The monoisotopic (exact) mass is 1330 g/mol. The Labute approximate surface area is 580 Å². The first-order valence-electron chi connectivity index (χ1n) is 35.7. The van der Waals surface area contributed by atoms with Crippen LogP contribution in [-0.2, 0) is 38.4 Å². The number of fused-ring (bicyclic) bond motifs is 16. The van der Waals surface area contributed by atoms with Crippen molar-refractivity contribution >= 4 is 116 Å². The smallest absolute Gasteiger partial charge is 0.238 e. The van der Waals surface area contributed by atoms with Crippen LogP contribution in [0.2, 0.25) is 0 Å². The molecular weight excluding hydrogens is 1250 g/mol. The molecule has 16 heteroatoms. The number of carbonyl (C=O) groups is 8. The van der Waals surface area contributed by atoms with Gasteiger partial charge in [0, 0.05) is 92.8 Å². The summed E-state index contributed by atoms with van der Waals surface area (Å²) in [5.41, 5.74) is 7.60. The van der Waals surface area contributed by atoms with Crippen LogP contribution in [0.3, 0.4) is 0 Å². The number of hydrogen-bond acceptors (Lipinski definition) is 10. The molecule has 8 saturated carbocycles. The summed E-state index contributed by atoms with van der Waals surface area (Å²) in [7, 11) is 0. The van der Waals surface area contributed by atoms with Gasteiger partial charge in [0.1, 0.15) is 44.8 Å². The van der Waals surface area contributed by atoms with Crippen molar-refractivity contribution in [3.8, 4) is 44.5 Å². The van der Waals surface area contributed by atoms with Gasteiger partial charge in [-0.15, -0.1) is 0 Å². The molecule has 0 spiro atoms. The molecule has 100 heavy (non-hydrogen) atoms. The Morgan fingerprint density at radius 1 is 0.320 bits per heavy atom. The quantitative estimate of drug-likeness (QED) is 0.0632. The normalized spacial score (nSPS) is 27.8. The van der Waals surface area contributed by atoms with E-state index in [4.69, 9.17) is 9.97 Å². The largest absolute Gasteiger partial charge is 0.354 e. The molecule has 8 fully saturated rings. The third kappa shape index (κ3) is 8.63. The van der Waals surface area contributed by atoms with E-state index in [1.54, 1.807) is 0 Å². The second kappa shape index (κ2) is 21.8. The molecule has 506 valence electrons. The number of aromatic nitrogens is 4. The van der Waals surface area contributed by atoms with Crippen molar-refractivity contribution in [1.29, 1.82) is 0 Å². The van der Waals surface area contributed by atoms with Gasteiger partial charge >= 0.3 is 0 Å². The predicted octanol–water partition coefficient (Wildman–Crippen LogP) is 16.7. The number of ketones is 4. The molecule has 4 aromatic carbocycles. The van der Waals surface area contributed by atoms with E-state index in [2.05, 4.69) is 86.6 Å². The molecule has 8 aliphatic carbocycles. The number of nitrogens with zero attached hydrogens (tertiary/aromatic N) is 2. The Balaban J connectivity index is 0.828. The average Bonchev–Trinajstić information content (AvgIpc) is 1.56. The first kappa shape index (κ1) is 63.5. The van der Waals surface area contributed by atoms with E-state index in [0.717, 1.165) is 92.3 Å². The zero-order chi connectivity index (χ0) is 69.6. The van der Waals surface area contributed by atoms with Gasteiger partial charge in [0.25, 0.3) is 0 Å². The molecule has 4 amide bonds. The topological polar surface area (TPSA) is 242 Å². The van der Waals surface area contributed by atoms with Gasteiger partial charge in [0.15, 0.2) is 0 Å². The number of Topliss-reactive ketones (excluding diaryl/α,β-unsaturated/α-hetero) is 4. The highest BCUT2D eigenvalue weighted by molar-refractivity contribution is 6.17. The second-order valence-electron chi connectivity index (χ2n) is 32.6. The Bertz CT molecular complexity index is 4450. The van der Waals surface area contributed by atoms with E-state index in [9.17, 15) is 38.4 Å². The molecule has 3 aromatic heterocycles. The highest BCUT2D eigenvalue weighted by Gasteiger charge is 2.71. The summed E-state index contributed by atoms with van der Waals surface area (Å²) in [5.74, 6) is -0.371. The molecule has 7 aromatic rings. The summed E-state index contributed by atoms with van der Waals surface area (Å²) >= 11 is 0. The zero-order valence-electron chi connectivity index (χ0n) is 57.8. The van der Waals surface area contributed by atoms with Crippen molar-refractivity contribution in [3.05, 3.63) is 144 Å². The van der Waals surface area contributed by atoms with Crippen molar-refractivity contribution in [2.45, 2.75) is 132 Å². The van der Waals surface area contributed by atoms with Gasteiger partial charge in [-0.3, -0.25) is 38.4 Å². The molecule has 2 aliphatic heterocycles. The molecule has 16 bridgehead atoms. The number of nitrogens with one attached hydrogen (secondary N) is 6. The molecule has 10 aliphatic rings. The fraction of sp³-hybridized carbons (Fsp3) is 0.381. The maximum atomic E-state index is 14.4. The lowest BCUT2D eigenvalue weighted by Crippen LogP contribution is -2.46. The molecule has 0 radical (unpaired) electrons. The van der Waals surface area contributed by atoms with Gasteiger partial charge in [-0.25, -0.2) is 9.97 Å². The lowest BCUT2D eigenvalue weighted by atomic mass is 9.68. The molecule has 6 N–H and O–H groups in total. The lowest BCUT2D eigenvalue weighted by Gasteiger charge is -2.34. The zero-order valence-corrected chi connectivity index (χ0v) is 57.8. The fourth-order valence-electron chi connectivity index (χ4n) is 21.1. The van der Waals surface area contributed by atoms with Crippen LogP contribution in [0.4, 0.5) is 22.7 Å². The maximum absolute atomic E-state index is 14.4. The summed E-state index contributed by atoms with van der Waals surface area (Å²) in [6, 6.07) is 38.7. The summed E-state index contributed by atoms with van der Waals surface area (Å²) in [6.07, 6.45) is 15.1. The maximum Gasteiger partial charge on any atom is 0.238 e. The first-order chi connectivity index (χ1) is 47.7. The van der Waals surface area contributed by atoms with Crippen LogP contribution >= 0.6 is 0 Å². The van der Waals surface area contributed by atoms with Crippen LogP contribution in [0.15, 0.2) is 121 Å². The number of aromatic amines is 2. The number of amides is 4. The average molecular weight is 1330 g/mol. The van der Waals surface area contributed by atoms with Crippen molar-refractivity contribution in [1.82, 2.24) is 19.9 Å². The van der Waals surface area contributed by atoms with Crippen LogP contribution in [0.5, 0.6) is 0 Å². The predicted molar refractivity (Wildman–Crippen MR) is 389 cm³/mol. The summed E-state index contributed by atoms with van der Waals surface area (Å²) in [4.78, 5) is 131. The molecule has 0 saturated heterocycles. The van der Waals surface area contributed by atoms with Gasteiger partial charge < -0.3 is 31.2 Å². The SMILES string of the molecule is CC1(C)[C@@H]2CC[C@@]1(C(=O)Nc1ccc(-c3c4nc(c(-c5ccc(NC(=O)[C@]67CC[C@H](CC6=O)C7(C)C)cc5)c5ccc([nH]5)c(-c5ccc(NC(=O)[C@]67CC[C@H](CC6=O)C7(C)C)cc5)c5nc(c(-c6ccc(NC(=O)[C@]78CC[C@H](CC7=O)C8(C)C)cc6)c6ccc3[nH]6)C=C5)C=C4)cc1)C(=O)C2. The molecule has 5 heterocycles. The third-order valence-electron chi connectivity index (χ3n) is 27.6. The standard InChI is InChI=1S/C84H82N8O8/c1-77(2)49-33-37-81(77,65(93)41-49)73(97)85-53-17-9-45(10-18-53)69-57-25-27-59(89-57)70(46-11-19-54(20-12-46)86-74(98)82-38-34-50(42-66(82)94)78(82,3)4)61-29-31-63(91-61)72(48-15-23-56(24-16-48)88-76(100)84-40-36-52(44-68(84)96)80(84,7)8)64-32-30-62(92-64)71(60-28-26-58(69)90-60)47-13-21-55(22-14-47)87-75(99)83-39-35-51(43-67(83)95)79(83,5)6/h9-32,49-52,89,92H,33-44H2,1-8H3,(H,85,97)(H,86,98)(H,87,99)(H,88,100)/t49-,50-,51-,52-,81+,82+,83+,84+/m1/s1. The number of hydrogen-bond donors (Lipinski definition) is 6. The molecule has 16 nitrogen and oxygen atoms in total. The molecule has 0 unspecified atom stereocenters. The number of rotatable bonds is 12. The van der Waals surface area contributed by atoms with Crippen molar-refractivity contribution in [2.75, 3.05) is 21.3 Å².